The molecule has 108 valence electrons. The Kier molecular flexibility index (Phi) is 5.64. The number of anilines is 1. The molecule has 0 bridgehead atoms. The lowest BCUT2D eigenvalue weighted by Crippen LogP contribution is -2.41. The second-order valence-corrected chi connectivity index (χ2v) is 7.37. The SMILES string of the molecule is CC(C)[C@@H](CO)NS(=O)(=O)c1cc(Cl)cc(N)c1Br. The number of sulfonamides is 1. The summed E-state index contributed by atoms with van der Waals surface area (Å²) >= 11 is 8.95. The van der Waals surface area contributed by atoms with Crippen LogP contribution < -0.4 is 10.5 Å². The van der Waals surface area contributed by atoms with Crippen molar-refractivity contribution in [3.05, 3.63) is 21.6 Å². The lowest BCUT2D eigenvalue weighted by atomic mass is 10.1. The first-order chi connectivity index (χ1) is 8.69. The first kappa shape index (κ1) is 16.7. The van der Waals surface area contributed by atoms with E-state index in [1.54, 1.807) is 0 Å². The molecular formula is C11H16BrClN2O3S. The standard InChI is InChI=1S/C11H16BrClN2O3S/c1-6(2)9(5-16)15-19(17,18)10-4-7(13)3-8(14)11(10)12/h3-4,6,9,15-16H,5,14H2,1-2H3/t9-/m1/s1. The summed E-state index contributed by atoms with van der Waals surface area (Å²) in [4.78, 5) is -0.0448. The summed E-state index contributed by atoms with van der Waals surface area (Å²) in [5.74, 6) is -0.0462. The molecular weight excluding hydrogens is 356 g/mol. The molecule has 0 aliphatic carbocycles. The van der Waals surface area contributed by atoms with Crippen molar-refractivity contribution in [3.63, 3.8) is 0 Å². The number of benzene rings is 1. The van der Waals surface area contributed by atoms with Gasteiger partial charge >= 0.3 is 0 Å². The fourth-order valence-electron chi connectivity index (χ4n) is 1.43. The van der Waals surface area contributed by atoms with E-state index in [2.05, 4.69) is 20.7 Å². The van der Waals surface area contributed by atoms with Crippen molar-refractivity contribution >= 4 is 43.2 Å². The zero-order valence-corrected chi connectivity index (χ0v) is 13.7. The molecule has 1 aromatic rings. The van der Waals surface area contributed by atoms with Crippen molar-refractivity contribution in [3.8, 4) is 0 Å². The van der Waals surface area contributed by atoms with Gasteiger partial charge in [-0.1, -0.05) is 25.4 Å². The number of rotatable bonds is 5. The van der Waals surface area contributed by atoms with Gasteiger partial charge in [0.05, 0.1) is 16.0 Å². The third-order valence-corrected chi connectivity index (χ3v) is 5.51. The Morgan fingerprint density at radius 3 is 2.53 bits per heavy atom. The van der Waals surface area contributed by atoms with E-state index in [0.29, 0.717) is 0 Å². The molecule has 0 spiro atoms. The van der Waals surface area contributed by atoms with Crippen LogP contribution in [0.1, 0.15) is 13.8 Å². The molecule has 0 radical (unpaired) electrons. The summed E-state index contributed by atoms with van der Waals surface area (Å²) in [6, 6.07) is 2.19. The fourth-order valence-corrected chi connectivity index (χ4v) is 4.09. The molecule has 1 rings (SSSR count). The summed E-state index contributed by atoms with van der Waals surface area (Å²) < 4.78 is 27.2. The highest BCUT2D eigenvalue weighted by Crippen LogP contribution is 2.31. The molecule has 0 fully saturated rings. The smallest absolute Gasteiger partial charge is 0.242 e. The van der Waals surface area contributed by atoms with Crippen molar-refractivity contribution < 1.29 is 13.5 Å². The minimum atomic E-state index is -3.81. The second kappa shape index (κ2) is 6.41. The molecule has 0 amide bonds. The predicted molar refractivity (Wildman–Crippen MR) is 79.6 cm³/mol. The van der Waals surface area contributed by atoms with Gasteiger partial charge in [0.25, 0.3) is 0 Å². The van der Waals surface area contributed by atoms with Crippen LogP contribution >= 0.6 is 27.5 Å². The summed E-state index contributed by atoms with van der Waals surface area (Å²) in [5.41, 5.74) is 5.90. The van der Waals surface area contributed by atoms with Crippen LogP contribution in [0, 0.1) is 5.92 Å². The van der Waals surface area contributed by atoms with Crippen LogP contribution in [0.25, 0.3) is 0 Å². The zero-order chi connectivity index (χ0) is 14.8. The third-order valence-electron chi connectivity index (χ3n) is 2.63. The van der Waals surface area contributed by atoms with Gasteiger partial charge in [-0.2, -0.15) is 0 Å². The minimum Gasteiger partial charge on any atom is -0.398 e. The maximum atomic E-state index is 12.3. The zero-order valence-electron chi connectivity index (χ0n) is 10.5. The lowest BCUT2D eigenvalue weighted by molar-refractivity contribution is 0.227. The Morgan fingerprint density at radius 1 is 1.47 bits per heavy atom. The average Bonchev–Trinajstić information content (AvgIpc) is 2.30. The molecule has 0 saturated carbocycles. The van der Waals surface area contributed by atoms with Gasteiger partial charge in [-0.15, -0.1) is 0 Å². The molecule has 0 aromatic heterocycles. The maximum Gasteiger partial charge on any atom is 0.242 e. The topological polar surface area (TPSA) is 92.4 Å². The largest absolute Gasteiger partial charge is 0.398 e. The quantitative estimate of drug-likeness (QED) is 0.690. The van der Waals surface area contributed by atoms with E-state index >= 15 is 0 Å². The fraction of sp³-hybridized carbons (Fsp3) is 0.455. The van der Waals surface area contributed by atoms with Gasteiger partial charge in [0.15, 0.2) is 0 Å². The Bertz CT molecular complexity index is 563. The normalized spacial score (nSPS) is 13.8. The number of aliphatic hydroxyl groups excluding tert-OH is 1. The molecule has 0 unspecified atom stereocenters. The highest BCUT2D eigenvalue weighted by Gasteiger charge is 2.25. The number of hydrogen-bond donors (Lipinski definition) is 3. The molecule has 19 heavy (non-hydrogen) atoms. The molecule has 0 aliphatic rings. The van der Waals surface area contributed by atoms with E-state index in [4.69, 9.17) is 17.3 Å². The van der Waals surface area contributed by atoms with Crippen LogP contribution in [-0.2, 0) is 10.0 Å². The molecule has 0 aliphatic heterocycles. The van der Waals surface area contributed by atoms with Crippen molar-refractivity contribution in [1.29, 1.82) is 0 Å². The van der Waals surface area contributed by atoms with Crippen molar-refractivity contribution in [1.82, 2.24) is 4.72 Å². The number of hydrogen-bond acceptors (Lipinski definition) is 4. The van der Waals surface area contributed by atoms with E-state index in [1.807, 2.05) is 13.8 Å². The Morgan fingerprint density at radius 2 is 2.05 bits per heavy atom. The van der Waals surface area contributed by atoms with Crippen LogP contribution in [0.3, 0.4) is 0 Å². The van der Waals surface area contributed by atoms with E-state index in [1.165, 1.54) is 12.1 Å². The number of nitrogens with two attached hydrogens (primary N) is 1. The van der Waals surface area contributed by atoms with Gasteiger partial charge in [0, 0.05) is 16.8 Å². The van der Waals surface area contributed by atoms with Gasteiger partial charge in [-0.3, -0.25) is 0 Å². The number of nitrogen functional groups attached to an aromatic ring is 1. The first-order valence-corrected chi connectivity index (χ1v) is 8.22. The van der Waals surface area contributed by atoms with Gasteiger partial charge < -0.3 is 10.8 Å². The van der Waals surface area contributed by atoms with Gasteiger partial charge in [0.1, 0.15) is 0 Å². The van der Waals surface area contributed by atoms with Crippen LogP contribution in [-0.4, -0.2) is 26.2 Å². The summed E-state index contributed by atoms with van der Waals surface area (Å²) in [6.45, 7) is 3.33. The Hall–Kier alpha value is -0.340. The molecule has 4 N–H and O–H groups in total. The second-order valence-electron chi connectivity index (χ2n) is 4.46. The number of aliphatic hydroxyl groups is 1. The first-order valence-electron chi connectivity index (χ1n) is 5.56. The average molecular weight is 372 g/mol. The van der Waals surface area contributed by atoms with Gasteiger partial charge in [-0.05, 0) is 34.0 Å². The minimum absolute atomic E-state index is 0.0448. The molecule has 1 atom stereocenters. The third kappa shape index (κ3) is 4.06. The summed E-state index contributed by atoms with van der Waals surface area (Å²) in [5, 5.41) is 9.42. The van der Waals surface area contributed by atoms with Crippen molar-refractivity contribution in [2.75, 3.05) is 12.3 Å². The van der Waals surface area contributed by atoms with Crippen LogP contribution in [0.2, 0.25) is 5.02 Å². The van der Waals surface area contributed by atoms with Crippen molar-refractivity contribution in [2.45, 2.75) is 24.8 Å². The maximum absolute atomic E-state index is 12.3. The van der Waals surface area contributed by atoms with E-state index in [0.717, 1.165) is 0 Å². The molecule has 8 heteroatoms. The molecule has 0 saturated heterocycles. The highest BCUT2D eigenvalue weighted by molar-refractivity contribution is 9.10. The lowest BCUT2D eigenvalue weighted by Gasteiger charge is -2.20. The van der Waals surface area contributed by atoms with Crippen LogP contribution in [0.15, 0.2) is 21.5 Å². The van der Waals surface area contributed by atoms with Crippen LogP contribution in [0.5, 0.6) is 0 Å². The molecule has 0 heterocycles. The van der Waals surface area contributed by atoms with E-state index in [9.17, 15) is 13.5 Å². The number of halogens is 2. The Labute approximate surface area is 126 Å². The van der Waals surface area contributed by atoms with E-state index in [-0.39, 0.29) is 32.6 Å². The van der Waals surface area contributed by atoms with E-state index < -0.39 is 16.1 Å². The van der Waals surface area contributed by atoms with Crippen molar-refractivity contribution in [2.24, 2.45) is 5.92 Å². The summed E-state index contributed by atoms with van der Waals surface area (Å²) in [7, 11) is -3.81. The Balaban J connectivity index is 3.21. The van der Waals surface area contributed by atoms with Crippen LogP contribution in [0.4, 0.5) is 5.69 Å². The van der Waals surface area contributed by atoms with Gasteiger partial charge in [-0.25, -0.2) is 13.1 Å². The highest BCUT2D eigenvalue weighted by atomic mass is 79.9. The molecule has 1 aromatic carbocycles. The predicted octanol–water partition coefficient (Wildman–Crippen LogP) is 1.98. The van der Waals surface area contributed by atoms with Gasteiger partial charge in [0.2, 0.25) is 10.0 Å². The monoisotopic (exact) mass is 370 g/mol. The summed E-state index contributed by atoms with van der Waals surface area (Å²) in [6.07, 6.45) is 0. The number of nitrogens with one attached hydrogen (secondary N) is 1. The molecule has 5 nitrogen and oxygen atoms in total.